The van der Waals surface area contributed by atoms with E-state index in [4.69, 9.17) is 9.84 Å². The summed E-state index contributed by atoms with van der Waals surface area (Å²) < 4.78 is 20.9. The Bertz CT molecular complexity index is 730. The first kappa shape index (κ1) is 15.2. The minimum atomic E-state index is -1.11. The first-order valence-corrected chi connectivity index (χ1v) is 7.13. The van der Waals surface area contributed by atoms with Crippen molar-refractivity contribution in [1.29, 1.82) is 0 Å². The van der Waals surface area contributed by atoms with Gasteiger partial charge in [0.1, 0.15) is 5.82 Å². The fourth-order valence-corrected chi connectivity index (χ4v) is 2.51. The lowest BCUT2D eigenvalue weighted by molar-refractivity contribution is -0.154. The first-order chi connectivity index (χ1) is 11.1. The molecule has 1 aromatic carbocycles. The van der Waals surface area contributed by atoms with Crippen LogP contribution in [0.15, 0.2) is 42.7 Å². The van der Waals surface area contributed by atoms with Crippen molar-refractivity contribution in [3.05, 3.63) is 54.1 Å². The molecule has 0 radical (unpaired) electrons. The van der Waals surface area contributed by atoms with Gasteiger partial charge in [0.2, 0.25) is 0 Å². The molecule has 1 aliphatic rings. The summed E-state index contributed by atoms with van der Waals surface area (Å²) in [5.74, 6) is -2.04. The molecule has 1 fully saturated rings. The van der Waals surface area contributed by atoms with Crippen molar-refractivity contribution in [2.24, 2.45) is 0 Å². The lowest BCUT2D eigenvalue weighted by Gasteiger charge is -2.31. The number of halogens is 1. The molecule has 0 saturated carbocycles. The fraction of sp³-hybridized carbons (Fsp3) is 0.250. The number of rotatable bonds is 3. The van der Waals surface area contributed by atoms with E-state index in [0.717, 1.165) is 0 Å². The molecule has 1 N–H and O–H groups in total. The predicted octanol–water partition coefficient (Wildman–Crippen LogP) is 1.54. The number of aromatic nitrogens is 1. The van der Waals surface area contributed by atoms with Crippen LogP contribution in [0.1, 0.15) is 10.4 Å². The quantitative estimate of drug-likeness (QED) is 0.932. The summed E-state index contributed by atoms with van der Waals surface area (Å²) in [5, 5.41) is 8.97. The number of carbonyl (C=O) groups is 2. The van der Waals surface area contributed by atoms with E-state index in [0.29, 0.717) is 5.69 Å². The molecule has 3 rings (SSSR count). The number of benzene rings is 1. The monoisotopic (exact) mass is 318 g/mol. The van der Waals surface area contributed by atoms with Gasteiger partial charge in [-0.15, -0.1) is 0 Å². The maximum absolute atomic E-state index is 14.2. The zero-order valence-electron chi connectivity index (χ0n) is 12.2. The lowest BCUT2D eigenvalue weighted by atomic mass is 10.1. The van der Waals surface area contributed by atoms with Crippen LogP contribution in [0.5, 0.6) is 0 Å². The van der Waals surface area contributed by atoms with E-state index in [-0.39, 0.29) is 25.3 Å². The van der Waals surface area contributed by atoms with Gasteiger partial charge in [0.25, 0.3) is 5.91 Å². The van der Waals surface area contributed by atoms with Crippen LogP contribution < -0.4 is 0 Å². The van der Waals surface area contributed by atoms with Gasteiger partial charge in [-0.05, 0) is 30.3 Å². The van der Waals surface area contributed by atoms with Gasteiger partial charge in [-0.1, -0.05) is 0 Å². The standard InChI is InChI=1S/C16H15FN2O4/c17-12-9-11(3-4-13(12)18-5-1-2-6-18)15(20)19-7-8-23-14(10-19)16(21)22/h1-6,9,14H,7-8,10H2,(H,21,22)/t14-/m0/s1. The third kappa shape index (κ3) is 3.09. The van der Waals surface area contributed by atoms with Crippen LogP contribution in [0.3, 0.4) is 0 Å². The average molecular weight is 318 g/mol. The molecule has 120 valence electrons. The van der Waals surface area contributed by atoms with Gasteiger partial charge in [0.15, 0.2) is 6.10 Å². The lowest BCUT2D eigenvalue weighted by Crippen LogP contribution is -2.48. The molecule has 1 atom stereocenters. The number of nitrogens with zero attached hydrogens (tertiary/aromatic N) is 2. The van der Waals surface area contributed by atoms with Crippen molar-refractivity contribution in [3.63, 3.8) is 0 Å². The van der Waals surface area contributed by atoms with Gasteiger partial charge in [-0.2, -0.15) is 0 Å². The van der Waals surface area contributed by atoms with Crippen molar-refractivity contribution < 1.29 is 23.8 Å². The molecule has 0 spiro atoms. The highest BCUT2D eigenvalue weighted by Gasteiger charge is 2.29. The molecule has 1 amide bonds. The van der Waals surface area contributed by atoms with Crippen LogP contribution in [0.2, 0.25) is 0 Å². The van der Waals surface area contributed by atoms with Gasteiger partial charge in [0, 0.05) is 24.5 Å². The molecule has 1 aliphatic heterocycles. The van der Waals surface area contributed by atoms with Crippen LogP contribution in [0.25, 0.3) is 5.69 Å². The Morgan fingerprint density at radius 3 is 2.65 bits per heavy atom. The Balaban J connectivity index is 1.80. The zero-order chi connectivity index (χ0) is 16.4. The number of carboxylic acid groups (broad SMARTS) is 1. The van der Waals surface area contributed by atoms with Gasteiger partial charge >= 0.3 is 5.97 Å². The highest BCUT2D eigenvalue weighted by atomic mass is 19.1. The van der Waals surface area contributed by atoms with Crippen molar-refractivity contribution in [2.45, 2.75) is 6.10 Å². The number of ether oxygens (including phenoxy) is 1. The number of morpholine rings is 1. The topological polar surface area (TPSA) is 71.8 Å². The maximum atomic E-state index is 14.2. The fourth-order valence-electron chi connectivity index (χ4n) is 2.51. The molecule has 0 unspecified atom stereocenters. The first-order valence-electron chi connectivity index (χ1n) is 7.13. The van der Waals surface area contributed by atoms with E-state index >= 15 is 0 Å². The number of hydrogen-bond donors (Lipinski definition) is 1. The zero-order valence-corrected chi connectivity index (χ0v) is 12.2. The van der Waals surface area contributed by atoms with Gasteiger partial charge in [-0.25, -0.2) is 9.18 Å². The molecule has 7 heteroatoms. The Morgan fingerprint density at radius 1 is 1.26 bits per heavy atom. The van der Waals surface area contributed by atoms with Crippen molar-refractivity contribution in [1.82, 2.24) is 9.47 Å². The molecular weight excluding hydrogens is 303 g/mol. The van der Waals surface area contributed by atoms with Crippen LogP contribution in [0.4, 0.5) is 4.39 Å². The minimum absolute atomic E-state index is 0.0465. The summed E-state index contributed by atoms with van der Waals surface area (Å²) in [5.41, 5.74) is 0.529. The number of hydrogen-bond acceptors (Lipinski definition) is 3. The normalized spacial score (nSPS) is 18.0. The highest BCUT2D eigenvalue weighted by molar-refractivity contribution is 5.95. The van der Waals surface area contributed by atoms with Crippen molar-refractivity contribution in [2.75, 3.05) is 19.7 Å². The SMILES string of the molecule is O=C(O)[C@@H]1CN(C(=O)c2ccc(-n3cccc3)c(F)c2)CCO1. The van der Waals surface area contributed by atoms with E-state index < -0.39 is 23.8 Å². The number of carbonyl (C=O) groups excluding carboxylic acids is 1. The molecule has 1 aromatic heterocycles. The Kier molecular flexibility index (Phi) is 4.12. The predicted molar refractivity (Wildman–Crippen MR) is 79.0 cm³/mol. The maximum Gasteiger partial charge on any atom is 0.334 e. The van der Waals surface area contributed by atoms with E-state index in [1.807, 2.05) is 0 Å². The number of amides is 1. The minimum Gasteiger partial charge on any atom is -0.479 e. The smallest absolute Gasteiger partial charge is 0.334 e. The summed E-state index contributed by atoms with van der Waals surface area (Å²) in [7, 11) is 0. The molecule has 2 aromatic rings. The molecule has 6 nitrogen and oxygen atoms in total. The van der Waals surface area contributed by atoms with Crippen LogP contribution in [-0.2, 0) is 9.53 Å². The number of carboxylic acids is 1. The summed E-state index contributed by atoms with van der Waals surface area (Å²) >= 11 is 0. The second-order valence-electron chi connectivity index (χ2n) is 5.21. The van der Waals surface area contributed by atoms with Gasteiger partial charge in [0.05, 0.1) is 18.8 Å². The Morgan fingerprint density at radius 2 is 2.00 bits per heavy atom. The molecule has 1 saturated heterocycles. The van der Waals surface area contributed by atoms with Crippen molar-refractivity contribution in [3.8, 4) is 5.69 Å². The molecule has 23 heavy (non-hydrogen) atoms. The summed E-state index contributed by atoms with van der Waals surface area (Å²) in [4.78, 5) is 24.8. The molecule has 0 aliphatic carbocycles. The van der Waals surface area contributed by atoms with E-state index in [1.165, 1.54) is 23.1 Å². The van der Waals surface area contributed by atoms with Gasteiger partial charge in [-0.3, -0.25) is 4.79 Å². The number of aliphatic carboxylic acids is 1. The second kappa shape index (κ2) is 6.21. The van der Waals surface area contributed by atoms with E-state index in [2.05, 4.69) is 0 Å². The third-order valence-electron chi connectivity index (χ3n) is 3.71. The van der Waals surface area contributed by atoms with Crippen LogP contribution in [0, 0.1) is 5.82 Å². The van der Waals surface area contributed by atoms with Gasteiger partial charge < -0.3 is 19.3 Å². The molecule has 0 bridgehead atoms. The van der Waals surface area contributed by atoms with Crippen LogP contribution in [-0.4, -0.2) is 52.3 Å². The second-order valence-corrected chi connectivity index (χ2v) is 5.21. The Hall–Kier alpha value is -2.67. The summed E-state index contributed by atoms with van der Waals surface area (Å²) in [6.07, 6.45) is 2.37. The third-order valence-corrected chi connectivity index (χ3v) is 3.71. The Labute approximate surface area is 131 Å². The van der Waals surface area contributed by atoms with E-state index in [1.54, 1.807) is 29.1 Å². The average Bonchev–Trinajstić information content (AvgIpc) is 3.08. The molecule has 2 heterocycles. The van der Waals surface area contributed by atoms with Crippen molar-refractivity contribution >= 4 is 11.9 Å². The summed E-state index contributed by atoms with van der Waals surface area (Å²) in [6.45, 7) is 0.380. The highest BCUT2D eigenvalue weighted by Crippen LogP contribution is 2.18. The van der Waals surface area contributed by atoms with E-state index in [9.17, 15) is 14.0 Å². The van der Waals surface area contributed by atoms with Crippen LogP contribution >= 0.6 is 0 Å². The largest absolute Gasteiger partial charge is 0.479 e. The molecular formula is C16H15FN2O4. The summed E-state index contributed by atoms with van der Waals surface area (Å²) in [6, 6.07) is 7.78.